The molecule has 1 N–H and O–H groups in total. The van der Waals surface area contributed by atoms with Crippen molar-refractivity contribution in [2.75, 3.05) is 0 Å². The molecular weight excluding hydrogens is 257 g/mol. The molecule has 2 aromatic rings. The first kappa shape index (κ1) is 14.6. The summed E-state index contributed by atoms with van der Waals surface area (Å²) >= 11 is 0. The molecule has 1 aromatic heterocycles. The zero-order chi connectivity index (χ0) is 14.5. The Hall–Kier alpha value is -1.81. The van der Waals surface area contributed by atoms with Gasteiger partial charge >= 0.3 is 0 Å². The van der Waals surface area contributed by atoms with Gasteiger partial charge in [0.2, 0.25) is 0 Å². The Morgan fingerprint density at radius 1 is 1.25 bits per heavy atom. The summed E-state index contributed by atoms with van der Waals surface area (Å²) in [5.41, 5.74) is 1.14. The topological polar surface area (TPSA) is 34.4 Å². The molecule has 108 valence electrons. The highest BCUT2D eigenvalue weighted by Gasteiger charge is 2.08. The summed E-state index contributed by atoms with van der Waals surface area (Å²) in [6.45, 7) is 7.28. The molecule has 1 heterocycles. The second-order valence-corrected chi connectivity index (χ2v) is 5.07. The van der Waals surface area contributed by atoms with Crippen molar-refractivity contribution in [1.29, 1.82) is 0 Å². The molecule has 4 heteroatoms. The van der Waals surface area contributed by atoms with E-state index in [-0.39, 0.29) is 5.82 Å². The van der Waals surface area contributed by atoms with Crippen molar-refractivity contribution in [1.82, 2.24) is 5.32 Å². The lowest BCUT2D eigenvalue weighted by atomic mass is 10.2. The molecule has 0 amide bonds. The van der Waals surface area contributed by atoms with Crippen LogP contribution in [-0.2, 0) is 13.2 Å². The fourth-order valence-corrected chi connectivity index (χ4v) is 1.83. The maximum atomic E-state index is 12.8. The van der Waals surface area contributed by atoms with Gasteiger partial charge < -0.3 is 14.5 Å². The minimum atomic E-state index is -0.270. The van der Waals surface area contributed by atoms with Crippen molar-refractivity contribution in [3.05, 3.63) is 53.2 Å². The first-order valence-electron chi connectivity index (χ1n) is 6.74. The molecule has 0 radical (unpaired) electrons. The minimum Gasteiger partial charge on any atom is -0.486 e. The van der Waals surface area contributed by atoms with Gasteiger partial charge in [0.1, 0.15) is 29.7 Å². The maximum absolute atomic E-state index is 12.8. The third-order valence-electron chi connectivity index (χ3n) is 2.97. The van der Waals surface area contributed by atoms with Crippen LogP contribution < -0.4 is 10.1 Å². The van der Waals surface area contributed by atoms with Crippen LogP contribution >= 0.6 is 0 Å². The number of furan rings is 1. The van der Waals surface area contributed by atoms with Crippen molar-refractivity contribution in [3.63, 3.8) is 0 Å². The van der Waals surface area contributed by atoms with E-state index in [1.807, 2.05) is 13.0 Å². The SMILES string of the molecule is Cc1oc(COc2ccc(F)cc2)cc1CNC(C)C. The van der Waals surface area contributed by atoms with Crippen LogP contribution in [0.25, 0.3) is 0 Å². The van der Waals surface area contributed by atoms with Crippen LogP contribution in [0.1, 0.15) is 30.9 Å². The van der Waals surface area contributed by atoms with Gasteiger partial charge in [-0.1, -0.05) is 13.8 Å². The Kier molecular flexibility index (Phi) is 4.79. The van der Waals surface area contributed by atoms with Gasteiger partial charge in [-0.05, 0) is 37.3 Å². The van der Waals surface area contributed by atoms with E-state index in [4.69, 9.17) is 9.15 Å². The number of hydrogen-bond acceptors (Lipinski definition) is 3. The van der Waals surface area contributed by atoms with Gasteiger partial charge in [-0.15, -0.1) is 0 Å². The summed E-state index contributed by atoms with van der Waals surface area (Å²) in [6.07, 6.45) is 0. The monoisotopic (exact) mass is 277 g/mol. The number of hydrogen-bond donors (Lipinski definition) is 1. The smallest absolute Gasteiger partial charge is 0.146 e. The summed E-state index contributed by atoms with van der Waals surface area (Å²) in [5, 5.41) is 3.35. The third-order valence-corrected chi connectivity index (χ3v) is 2.97. The van der Waals surface area contributed by atoms with E-state index < -0.39 is 0 Å². The van der Waals surface area contributed by atoms with Gasteiger partial charge in [-0.2, -0.15) is 0 Å². The average Bonchev–Trinajstić information content (AvgIpc) is 2.76. The Bertz CT molecular complexity index is 546. The van der Waals surface area contributed by atoms with Crippen LogP contribution in [0.4, 0.5) is 4.39 Å². The highest BCUT2D eigenvalue weighted by atomic mass is 19.1. The molecule has 0 spiro atoms. The van der Waals surface area contributed by atoms with Gasteiger partial charge in [0.15, 0.2) is 0 Å². The lowest BCUT2D eigenvalue weighted by molar-refractivity contribution is 0.267. The Morgan fingerprint density at radius 2 is 1.95 bits per heavy atom. The standard InChI is InChI=1S/C16H20FNO2/c1-11(2)18-9-13-8-16(20-12(13)3)10-19-15-6-4-14(17)5-7-15/h4-8,11,18H,9-10H2,1-3H3. The highest BCUT2D eigenvalue weighted by Crippen LogP contribution is 2.18. The van der Waals surface area contributed by atoms with Crippen LogP contribution in [0.15, 0.2) is 34.7 Å². The molecule has 0 atom stereocenters. The predicted molar refractivity (Wildman–Crippen MR) is 76.2 cm³/mol. The maximum Gasteiger partial charge on any atom is 0.146 e. The molecule has 0 aliphatic heterocycles. The van der Waals surface area contributed by atoms with Crippen molar-refractivity contribution in [2.45, 2.75) is 40.0 Å². The highest BCUT2D eigenvalue weighted by molar-refractivity contribution is 5.24. The zero-order valence-electron chi connectivity index (χ0n) is 12.1. The first-order chi connectivity index (χ1) is 9.54. The summed E-state index contributed by atoms with van der Waals surface area (Å²) < 4.78 is 24.0. The van der Waals surface area contributed by atoms with Crippen molar-refractivity contribution in [2.24, 2.45) is 0 Å². The van der Waals surface area contributed by atoms with Crippen LogP contribution in [-0.4, -0.2) is 6.04 Å². The molecule has 0 fully saturated rings. The van der Waals surface area contributed by atoms with E-state index in [1.165, 1.54) is 12.1 Å². The quantitative estimate of drug-likeness (QED) is 0.872. The van der Waals surface area contributed by atoms with Crippen LogP contribution in [0.3, 0.4) is 0 Å². The molecule has 1 aromatic carbocycles. The third kappa shape index (κ3) is 4.10. The zero-order valence-corrected chi connectivity index (χ0v) is 12.1. The number of nitrogens with one attached hydrogen (secondary N) is 1. The summed E-state index contributed by atoms with van der Waals surface area (Å²) in [5.74, 6) is 2.03. The Morgan fingerprint density at radius 3 is 2.60 bits per heavy atom. The number of benzene rings is 1. The second-order valence-electron chi connectivity index (χ2n) is 5.07. The molecule has 0 saturated carbocycles. The molecule has 0 unspecified atom stereocenters. The number of ether oxygens (including phenoxy) is 1. The van der Waals surface area contributed by atoms with Gasteiger partial charge in [0.05, 0.1) is 0 Å². The number of aryl methyl sites for hydroxylation is 1. The molecule has 0 aliphatic carbocycles. The van der Waals surface area contributed by atoms with Crippen molar-refractivity contribution >= 4 is 0 Å². The second kappa shape index (κ2) is 6.57. The lowest BCUT2D eigenvalue weighted by Gasteiger charge is -2.06. The fraction of sp³-hybridized carbons (Fsp3) is 0.375. The van der Waals surface area contributed by atoms with E-state index in [0.717, 1.165) is 23.6 Å². The normalized spacial score (nSPS) is 11.1. The van der Waals surface area contributed by atoms with E-state index in [2.05, 4.69) is 19.2 Å². The summed E-state index contributed by atoms with van der Waals surface area (Å²) in [4.78, 5) is 0. The molecule has 0 aliphatic rings. The first-order valence-corrected chi connectivity index (χ1v) is 6.74. The number of halogens is 1. The van der Waals surface area contributed by atoms with Crippen molar-refractivity contribution < 1.29 is 13.5 Å². The van der Waals surface area contributed by atoms with Gasteiger partial charge in [0, 0.05) is 18.2 Å². The van der Waals surface area contributed by atoms with E-state index in [9.17, 15) is 4.39 Å². The van der Waals surface area contributed by atoms with E-state index in [1.54, 1.807) is 12.1 Å². The van der Waals surface area contributed by atoms with Crippen LogP contribution in [0.5, 0.6) is 5.75 Å². The molecule has 2 rings (SSSR count). The largest absolute Gasteiger partial charge is 0.486 e. The lowest BCUT2D eigenvalue weighted by Crippen LogP contribution is -2.21. The minimum absolute atomic E-state index is 0.270. The molecule has 20 heavy (non-hydrogen) atoms. The van der Waals surface area contributed by atoms with Gasteiger partial charge in [-0.25, -0.2) is 4.39 Å². The molecule has 3 nitrogen and oxygen atoms in total. The molecular formula is C16H20FNO2. The average molecular weight is 277 g/mol. The van der Waals surface area contributed by atoms with Crippen LogP contribution in [0.2, 0.25) is 0 Å². The van der Waals surface area contributed by atoms with E-state index in [0.29, 0.717) is 18.4 Å². The summed E-state index contributed by atoms with van der Waals surface area (Å²) in [7, 11) is 0. The molecule has 0 bridgehead atoms. The van der Waals surface area contributed by atoms with Crippen LogP contribution in [0, 0.1) is 12.7 Å². The Labute approximate surface area is 118 Å². The van der Waals surface area contributed by atoms with Crippen molar-refractivity contribution in [3.8, 4) is 5.75 Å². The Balaban J connectivity index is 1.93. The predicted octanol–water partition coefficient (Wildman–Crippen LogP) is 3.80. The molecule has 0 saturated heterocycles. The van der Waals surface area contributed by atoms with E-state index >= 15 is 0 Å². The van der Waals surface area contributed by atoms with Gasteiger partial charge in [-0.3, -0.25) is 0 Å². The fourth-order valence-electron chi connectivity index (χ4n) is 1.83. The van der Waals surface area contributed by atoms with Gasteiger partial charge in [0.25, 0.3) is 0 Å². The summed E-state index contributed by atoms with van der Waals surface area (Å²) in [6, 6.07) is 8.39. The number of rotatable bonds is 6.